The minimum absolute atomic E-state index is 0.198. The summed E-state index contributed by atoms with van der Waals surface area (Å²) in [4.78, 5) is 12.6. The van der Waals surface area contributed by atoms with Crippen LogP contribution < -0.4 is 10.1 Å². The largest absolute Gasteiger partial charge is 0.496 e. The lowest BCUT2D eigenvalue weighted by Gasteiger charge is -2.55. The number of aromatic nitrogens is 2. The van der Waals surface area contributed by atoms with Crippen LogP contribution in [0.25, 0.3) is 0 Å². The van der Waals surface area contributed by atoms with Crippen LogP contribution in [0.1, 0.15) is 53.9 Å². The van der Waals surface area contributed by atoms with E-state index in [-0.39, 0.29) is 11.3 Å². The summed E-state index contributed by atoms with van der Waals surface area (Å²) in [5, 5.41) is 13.4. The van der Waals surface area contributed by atoms with E-state index in [9.17, 15) is 4.79 Å². The third-order valence-electron chi connectivity index (χ3n) is 6.49. The number of hydrogen-bond acceptors (Lipinski definition) is 5. The smallest absolute Gasteiger partial charge is 0.261 e. The van der Waals surface area contributed by atoms with E-state index < -0.39 is 0 Å². The predicted molar refractivity (Wildman–Crippen MR) is 101 cm³/mol. The van der Waals surface area contributed by atoms with E-state index in [4.69, 9.17) is 4.74 Å². The Kier molecular flexibility index (Phi) is 3.78. The van der Waals surface area contributed by atoms with E-state index in [0.717, 1.165) is 22.8 Å². The highest BCUT2D eigenvalue weighted by atomic mass is 32.1. The molecule has 0 aliphatic heterocycles. The van der Waals surface area contributed by atoms with Gasteiger partial charge in [-0.25, -0.2) is 0 Å². The molecule has 1 amide bonds. The number of nitrogens with zero attached hydrogens (tertiary/aromatic N) is 2. The van der Waals surface area contributed by atoms with Gasteiger partial charge in [0.05, 0.1) is 12.7 Å². The first kappa shape index (κ1) is 16.2. The second-order valence-electron chi connectivity index (χ2n) is 8.26. The molecule has 6 rings (SSSR count). The number of methoxy groups -OCH3 is 1. The van der Waals surface area contributed by atoms with E-state index in [1.54, 1.807) is 30.6 Å². The number of anilines is 1. The van der Waals surface area contributed by atoms with Gasteiger partial charge in [0.25, 0.3) is 5.91 Å². The molecule has 4 fully saturated rings. The summed E-state index contributed by atoms with van der Waals surface area (Å²) in [6, 6.07) is 7.23. The standard InChI is InChI=1S/C20H23N3O2S/c1-25-16-5-3-2-4-15(16)17(24)21-19-23-22-18(26-19)20-9-12-6-13(10-20)8-14(7-12)11-20/h2-5,12-14H,6-11H2,1H3,(H,21,23,24). The Labute approximate surface area is 157 Å². The minimum atomic E-state index is -0.198. The molecule has 4 aliphatic rings. The summed E-state index contributed by atoms with van der Waals surface area (Å²) in [7, 11) is 1.57. The van der Waals surface area contributed by atoms with Crippen molar-refractivity contribution < 1.29 is 9.53 Å². The second-order valence-corrected chi connectivity index (χ2v) is 9.24. The molecule has 6 heteroatoms. The van der Waals surface area contributed by atoms with Crippen molar-refractivity contribution in [2.24, 2.45) is 17.8 Å². The second kappa shape index (κ2) is 6.05. The Morgan fingerprint density at radius 2 is 1.77 bits per heavy atom. The van der Waals surface area contributed by atoms with E-state index in [1.807, 2.05) is 12.1 Å². The van der Waals surface area contributed by atoms with Gasteiger partial charge >= 0.3 is 0 Å². The third kappa shape index (κ3) is 2.62. The van der Waals surface area contributed by atoms with Crippen molar-refractivity contribution in [2.45, 2.75) is 43.9 Å². The average Bonchev–Trinajstić information content (AvgIpc) is 3.10. The lowest BCUT2D eigenvalue weighted by atomic mass is 9.50. The van der Waals surface area contributed by atoms with Crippen molar-refractivity contribution >= 4 is 22.4 Å². The molecule has 0 atom stereocenters. The highest BCUT2D eigenvalue weighted by molar-refractivity contribution is 7.15. The average molecular weight is 369 g/mol. The number of carbonyl (C=O) groups excluding carboxylic acids is 1. The van der Waals surface area contributed by atoms with Crippen LogP contribution in [0.15, 0.2) is 24.3 Å². The molecule has 1 aromatic carbocycles. The maximum atomic E-state index is 12.6. The first-order chi connectivity index (χ1) is 12.6. The highest BCUT2D eigenvalue weighted by Gasteiger charge is 2.53. The zero-order chi connectivity index (χ0) is 17.7. The molecule has 4 bridgehead atoms. The van der Waals surface area contributed by atoms with E-state index >= 15 is 0 Å². The van der Waals surface area contributed by atoms with Gasteiger partial charge < -0.3 is 4.74 Å². The Hall–Kier alpha value is -1.95. The van der Waals surface area contributed by atoms with Gasteiger partial charge in [-0.15, -0.1) is 10.2 Å². The number of ether oxygens (including phenoxy) is 1. The van der Waals surface area contributed by atoms with Gasteiger partial charge in [0.15, 0.2) is 0 Å². The fourth-order valence-electron chi connectivity index (χ4n) is 5.86. The maximum absolute atomic E-state index is 12.6. The molecule has 0 saturated heterocycles. The van der Waals surface area contributed by atoms with Crippen molar-refractivity contribution in [1.29, 1.82) is 0 Å². The van der Waals surface area contributed by atoms with Crippen LogP contribution >= 0.6 is 11.3 Å². The summed E-state index contributed by atoms with van der Waals surface area (Å²) in [5.74, 6) is 2.98. The van der Waals surface area contributed by atoms with Gasteiger partial charge in [-0.2, -0.15) is 0 Å². The number of nitrogens with one attached hydrogen (secondary N) is 1. The first-order valence-corrected chi connectivity index (χ1v) is 10.3. The number of hydrogen-bond donors (Lipinski definition) is 1. The molecule has 0 radical (unpaired) electrons. The van der Waals surface area contributed by atoms with Crippen molar-refractivity contribution in [3.05, 3.63) is 34.8 Å². The number of amides is 1. The first-order valence-electron chi connectivity index (χ1n) is 9.43. The van der Waals surface area contributed by atoms with Crippen LogP contribution in [0.4, 0.5) is 5.13 Å². The molecule has 0 spiro atoms. The Morgan fingerprint density at radius 1 is 1.12 bits per heavy atom. The topological polar surface area (TPSA) is 64.1 Å². The van der Waals surface area contributed by atoms with Gasteiger partial charge in [0, 0.05) is 5.41 Å². The number of carbonyl (C=O) groups is 1. The zero-order valence-corrected chi connectivity index (χ0v) is 15.7. The Morgan fingerprint density at radius 3 is 2.42 bits per heavy atom. The molecule has 4 aliphatic carbocycles. The quantitative estimate of drug-likeness (QED) is 0.874. The van der Waals surface area contributed by atoms with Gasteiger partial charge in [-0.3, -0.25) is 10.1 Å². The number of benzene rings is 1. The predicted octanol–water partition coefficient (Wildman–Crippen LogP) is 4.27. The van der Waals surface area contributed by atoms with Gasteiger partial charge in [-0.05, 0) is 68.4 Å². The molecule has 0 unspecified atom stereocenters. The summed E-state index contributed by atoms with van der Waals surface area (Å²) >= 11 is 1.56. The molecule has 1 aromatic heterocycles. The Balaban J connectivity index is 1.37. The molecule has 136 valence electrons. The van der Waals surface area contributed by atoms with Gasteiger partial charge in [0.1, 0.15) is 10.8 Å². The molecule has 1 N–H and O–H groups in total. The maximum Gasteiger partial charge on any atom is 0.261 e. The number of para-hydroxylation sites is 1. The SMILES string of the molecule is COc1ccccc1C(=O)Nc1nnc(C23CC4CC(CC(C4)C2)C3)s1. The van der Waals surface area contributed by atoms with Crippen molar-refractivity contribution in [3.8, 4) is 5.75 Å². The lowest BCUT2D eigenvalue weighted by molar-refractivity contribution is -0.00555. The molecular weight excluding hydrogens is 346 g/mol. The fourth-order valence-corrected chi connectivity index (χ4v) is 6.81. The minimum Gasteiger partial charge on any atom is -0.496 e. The van der Waals surface area contributed by atoms with Crippen LogP contribution in [-0.4, -0.2) is 23.2 Å². The molecule has 4 saturated carbocycles. The molecule has 1 heterocycles. The fraction of sp³-hybridized carbons (Fsp3) is 0.550. The normalized spacial score (nSPS) is 31.8. The van der Waals surface area contributed by atoms with Crippen LogP contribution in [0, 0.1) is 17.8 Å². The zero-order valence-electron chi connectivity index (χ0n) is 14.9. The summed E-state index contributed by atoms with van der Waals surface area (Å²) in [6.45, 7) is 0. The van der Waals surface area contributed by atoms with E-state index in [2.05, 4.69) is 15.5 Å². The van der Waals surface area contributed by atoms with Crippen LogP contribution in [0.5, 0.6) is 5.75 Å². The van der Waals surface area contributed by atoms with Gasteiger partial charge in [0.2, 0.25) is 5.13 Å². The van der Waals surface area contributed by atoms with E-state index in [1.165, 1.54) is 38.5 Å². The molecule has 2 aromatic rings. The van der Waals surface area contributed by atoms with Crippen molar-refractivity contribution in [2.75, 3.05) is 12.4 Å². The van der Waals surface area contributed by atoms with Crippen LogP contribution in [0.3, 0.4) is 0 Å². The summed E-state index contributed by atoms with van der Waals surface area (Å²) in [5.41, 5.74) is 0.737. The highest BCUT2D eigenvalue weighted by Crippen LogP contribution is 2.61. The van der Waals surface area contributed by atoms with Crippen molar-refractivity contribution in [3.63, 3.8) is 0 Å². The molecular formula is C20H23N3O2S. The van der Waals surface area contributed by atoms with Crippen molar-refractivity contribution in [1.82, 2.24) is 10.2 Å². The third-order valence-corrected chi connectivity index (χ3v) is 7.57. The number of rotatable bonds is 4. The van der Waals surface area contributed by atoms with Crippen LogP contribution in [0.2, 0.25) is 0 Å². The monoisotopic (exact) mass is 369 g/mol. The Bertz CT molecular complexity index is 812. The van der Waals surface area contributed by atoms with E-state index in [0.29, 0.717) is 16.4 Å². The lowest BCUT2D eigenvalue weighted by Crippen LogP contribution is -2.48. The molecule has 26 heavy (non-hydrogen) atoms. The molecule has 5 nitrogen and oxygen atoms in total. The summed E-state index contributed by atoms with van der Waals surface area (Å²) < 4.78 is 5.28. The van der Waals surface area contributed by atoms with Crippen LogP contribution in [-0.2, 0) is 5.41 Å². The summed E-state index contributed by atoms with van der Waals surface area (Å²) in [6.07, 6.45) is 8.01. The van der Waals surface area contributed by atoms with Gasteiger partial charge in [-0.1, -0.05) is 23.5 Å².